The van der Waals surface area contributed by atoms with Crippen LogP contribution in [-0.2, 0) is 16.0 Å². The normalized spacial score (nSPS) is 22.4. The summed E-state index contributed by atoms with van der Waals surface area (Å²) in [6.45, 7) is 0.971. The van der Waals surface area contributed by atoms with Crippen molar-refractivity contribution in [3.05, 3.63) is 52.2 Å². The molecule has 2 unspecified atom stereocenters. The Hall–Kier alpha value is -2.87. The molecule has 0 saturated carbocycles. The second kappa shape index (κ2) is 7.03. The molecule has 3 amide bonds. The van der Waals surface area contributed by atoms with Crippen LogP contribution in [0.1, 0.15) is 15.2 Å². The number of aromatic hydroxyl groups is 1. The fourth-order valence-electron chi connectivity index (χ4n) is 3.55. The molecule has 7 nitrogen and oxygen atoms in total. The standard InChI is InChI=1S/C19H19N3O4S/c23-13-5-3-12(4-6-13)10-14-18(25)22-8-7-21(11-15(22)17(24)20-14)19(26)16-2-1-9-27-16/h1-6,9,14-15,23H,7-8,10-11H2,(H,20,24). The highest BCUT2D eigenvalue weighted by molar-refractivity contribution is 7.12. The maximum Gasteiger partial charge on any atom is 0.264 e. The molecular weight excluding hydrogens is 366 g/mol. The van der Waals surface area contributed by atoms with Crippen molar-refractivity contribution in [1.29, 1.82) is 0 Å². The van der Waals surface area contributed by atoms with E-state index in [1.54, 1.807) is 40.1 Å². The number of hydrogen-bond donors (Lipinski definition) is 2. The lowest BCUT2D eigenvalue weighted by Gasteiger charge is -2.45. The van der Waals surface area contributed by atoms with Gasteiger partial charge in [-0.1, -0.05) is 18.2 Å². The maximum absolute atomic E-state index is 12.8. The minimum absolute atomic E-state index is 0.101. The molecule has 2 fully saturated rings. The highest BCUT2D eigenvalue weighted by Gasteiger charge is 2.44. The van der Waals surface area contributed by atoms with Crippen molar-refractivity contribution in [1.82, 2.24) is 15.1 Å². The van der Waals surface area contributed by atoms with Gasteiger partial charge in [0.1, 0.15) is 17.8 Å². The van der Waals surface area contributed by atoms with Gasteiger partial charge < -0.3 is 20.2 Å². The van der Waals surface area contributed by atoms with Gasteiger partial charge in [-0.25, -0.2) is 0 Å². The summed E-state index contributed by atoms with van der Waals surface area (Å²) in [5, 5.41) is 14.0. The lowest BCUT2D eigenvalue weighted by atomic mass is 9.98. The quantitative estimate of drug-likeness (QED) is 0.820. The first kappa shape index (κ1) is 17.5. The van der Waals surface area contributed by atoms with Crippen molar-refractivity contribution in [3.63, 3.8) is 0 Å². The van der Waals surface area contributed by atoms with E-state index < -0.39 is 12.1 Å². The van der Waals surface area contributed by atoms with Gasteiger partial charge in [-0.15, -0.1) is 11.3 Å². The Balaban J connectivity index is 1.45. The predicted octanol–water partition coefficient (Wildman–Crippen LogP) is 0.848. The van der Waals surface area contributed by atoms with E-state index in [1.807, 2.05) is 11.4 Å². The molecule has 4 rings (SSSR count). The molecule has 0 aliphatic carbocycles. The molecule has 0 spiro atoms. The molecule has 0 radical (unpaired) electrons. The number of hydrogen-bond acceptors (Lipinski definition) is 5. The van der Waals surface area contributed by atoms with E-state index >= 15 is 0 Å². The zero-order valence-electron chi connectivity index (χ0n) is 14.5. The van der Waals surface area contributed by atoms with E-state index in [2.05, 4.69) is 5.32 Å². The number of nitrogens with zero attached hydrogens (tertiary/aromatic N) is 2. The van der Waals surface area contributed by atoms with Crippen molar-refractivity contribution in [2.45, 2.75) is 18.5 Å². The van der Waals surface area contributed by atoms with Gasteiger partial charge in [0.15, 0.2) is 0 Å². The number of thiophene rings is 1. The van der Waals surface area contributed by atoms with Gasteiger partial charge in [-0.3, -0.25) is 14.4 Å². The number of phenols is 1. The topological polar surface area (TPSA) is 89.9 Å². The third-order valence-corrected chi connectivity index (χ3v) is 5.83. The van der Waals surface area contributed by atoms with Gasteiger partial charge in [0.25, 0.3) is 5.91 Å². The van der Waals surface area contributed by atoms with E-state index in [1.165, 1.54) is 11.3 Å². The molecule has 1 aromatic heterocycles. The lowest BCUT2D eigenvalue weighted by molar-refractivity contribution is -0.152. The van der Waals surface area contributed by atoms with Crippen molar-refractivity contribution >= 4 is 29.1 Å². The summed E-state index contributed by atoms with van der Waals surface area (Å²) in [5.74, 6) is -0.307. The summed E-state index contributed by atoms with van der Waals surface area (Å²) in [5.41, 5.74) is 0.858. The third-order valence-electron chi connectivity index (χ3n) is 4.98. The molecule has 2 saturated heterocycles. The molecular formula is C19H19N3O4S. The number of piperazine rings is 2. The van der Waals surface area contributed by atoms with Crippen molar-refractivity contribution in [2.75, 3.05) is 19.6 Å². The van der Waals surface area contributed by atoms with E-state index in [-0.39, 0.29) is 30.0 Å². The van der Waals surface area contributed by atoms with Crippen LogP contribution in [0.4, 0.5) is 0 Å². The highest BCUT2D eigenvalue weighted by Crippen LogP contribution is 2.21. The van der Waals surface area contributed by atoms with Crippen LogP contribution in [0.25, 0.3) is 0 Å². The van der Waals surface area contributed by atoms with Crippen LogP contribution in [0.3, 0.4) is 0 Å². The zero-order chi connectivity index (χ0) is 19.0. The fourth-order valence-corrected chi connectivity index (χ4v) is 4.24. The van der Waals surface area contributed by atoms with Crippen LogP contribution in [0.15, 0.2) is 41.8 Å². The second-order valence-electron chi connectivity index (χ2n) is 6.71. The van der Waals surface area contributed by atoms with Crippen molar-refractivity contribution in [3.8, 4) is 5.75 Å². The Bertz CT molecular complexity index is 866. The molecule has 1 aromatic carbocycles. The van der Waals surface area contributed by atoms with Gasteiger partial charge in [0, 0.05) is 19.5 Å². The monoisotopic (exact) mass is 385 g/mol. The molecule has 27 heavy (non-hydrogen) atoms. The number of carbonyl (C=O) groups is 3. The van der Waals surface area contributed by atoms with Gasteiger partial charge in [0.2, 0.25) is 11.8 Å². The first-order chi connectivity index (χ1) is 13.0. The minimum atomic E-state index is -0.647. The van der Waals surface area contributed by atoms with Crippen LogP contribution in [0.5, 0.6) is 5.75 Å². The van der Waals surface area contributed by atoms with E-state index in [0.29, 0.717) is 24.4 Å². The van der Waals surface area contributed by atoms with Crippen molar-refractivity contribution < 1.29 is 19.5 Å². The lowest BCUT2D eigenvalue weighted by Crippen LogP contribution is -2.70. The Kier molecular flexibility index (Phi) is 4.57. The van der Waals surface area contributed by atoms with Crippen LogP contribution < -0.4 is 5.32 Å². The average Bonchev–Trinajstić information content (AvgIpc) is 3.21. The smallest absolute Gasteiger partial charge is 0.264 e. The number of phenolic OH excluding ortho intramolecular Hbond substituents is 1. The van der Waals surface area contributed by atoms with E-state index in [9.17, 15) is 19.5 Å². The summed E-state index contributed by atoms with van der Waals surface area (Å²) in [6.07, 6.45) is 0.367. The Labute approximate surface area is 160 Å². The Morgan fingerprint density at radius 3 is 2.67 bits per heavy atom. The molecule has 2 N–H and O–H groups in total. The van der Waals surface area contributed by atoms with Crippen LogP contribution in [0, 0.1) is 0 Å². The molecule has 0 bridgehead atoms. The number of carbonyl (C=O) groups excluding carboxylic acids is 3. The first-order valence-corrected chi connectivity index (χ1v) is 9.62. The van der Waals surface area contributed by atoms with Gasteiger partial charge in [0.05, 0.1) is 11.4 Å². The molecule has 2 aliphatic heterocycles. The SMILES string of the molecule is O=C1NC(Cc2ccc(O)cc2)C(=O)N2CCN(C(=O)c3cccs3)CC12. The Morgan fingerprint density at radius 1 is 1.19 bits per heavy atom. The van der Waals surface area contributed by atoms with Crippen LogP contribution in [0.2, 0.25) is 0 Å². The average molecular weight is 385 g/mol. The summed E-state index contributed by atoms with van der Waals surface area (Å²) in [7, 11) is 0. The largest absolute Gasteiger partial charge is 0.508 e. The van der Waals surface area contributed by atoms with Crippen LogP contribution >= 0.6 is 11.3 Å². The summed E-state index contributed by atoms with van der Waals surface area (Å²) < 4.78 is 0. The minimum Gasteiger partial charge on any atom is -0.508 e. The number of nitrogens with one attached hydrogen (secondary N) is 1. The fraction of sp³-hybridized carbons (Fsp3) is 0.316. The second-order valence-corrected chi connectivity index (χ2v) is 7.66. The molecule has 8 heteroatoms. The van der Waals surface area contributed by atoms with E-state index in [0.717, 1.165) is 5.56 Å². The zero-order valence-corrected chi connectivity index (χ0v) is 15.3. The number of fused-ring (bicyclic) bond motifs is 1. The predicted molar refractivity (Wildman–Crippen MR) is 99.5 cm³/mol. The number of amides is 3. The summed E-state index contributed by atoms with van der Waals surface area (Å²) in [4.78, 5) is 41.8. The molecule has 140 valence electrons. The van der Waals surface area contributed by atoms with Crippen molar-refractivity contribution in [2.24, 2.45) is 0 Å². The third kappa shape index (κ3) is 3.40. The first-order valence-electron chi connectivity index (χ1n) is 8.74. The Morgan fingerprint density at radius 2 is 1.96 bits per heavy atom. The van der Waals surface area contributed by atoms with Gasteiger partial charge in [-0.05, 0) is 29.1 Å². The molecule has 2 atom stereocenters. The van der Waals surface area contributed by atoms with Gasteiger partial charge >= 0.3 is 0 Å². The molecule has 3 heterocycles. The summed E-state index contributed by atoms with van der Waals surface area (Å²) >= 11 is 1.37. The van der Waals surface area contributed by atoms with Crippen LogP contribution in [-0.4, -0.2) is 64.3 Å². The summed E-state index contributed by atoms with van der Waals surface area (Å²) in [6, 6.07) is 8.89. The molecule has 2 aromatic rings. The molecule has 2 aliphatic rings. The highest BCUT2D eigenvalue weighted by atomic mass is 32.1. The van der Waals surface area contributed by atoms with E-state index in [4.69, 9.17) is 0 Å². The number of benzene rings is 1. The number of rotatable bonds is 3. The van der Waals surface area contributed by atoms with Gasteiger partial charge in [-0.2, -0.15) is 0 Å². The maximum atomic E-state index is 12.8.